The topological polar surface area (TPSA) is 12.5 Å². The molecule has 1 aliphatic heterocycles. The lowest BCUT2D eigenvalue weighted by Crippen LogP contribution is -2.37. The molecule has 76 valence electrons. The monoisotopic (exact) mass is 183 g/mol. The smallest absolute Gasteiger partial charge is 0.0625 e. The zero-order chi connectivity index (χ0) is 9.47. The van der Waals surface area contributed by atoms with Crippen molar-refractivity contribution in [3.05, 3.63) is 0 Å². The fraction of sp³-hybridized carbons (Fsp3) is 1.00. The first-order chi connectivity index (χ1) is 6.14. The van der Waals surface area contributed by atoms with Crippen LogP contribution in [0.2, 0.25) is 0 Å². The van der Waals surface area contributed by atoms with Crippen LogP contribution in [0.4, 0.5) is 0 Å². The van der Waals surface area contributed by atoms with Crippen LogP contribution in [0.15, 0.2) is 0 Å². The average molecular weight is 183 g/mol. The van der Waals surface area contributed by atoms with E-state index in [0.29, 0.717) is 17.7 Å². The second kappa shape index (κ2) is 3.25. The van der Waals surface area contributed by atoms with Crippen molar-refractivity contribution in [1.82, 2.24) is 4.90 Å². The summed E-state index contributed by atoms with van der Waals surface area (Å²) < 4.78 is 5.68. The molecule has 0 bridgehead atoms. The van der Waals surface area contributed by atoms with Crippen molar-refractivity contribution in [2.75, 3.05) is 13.7 Å². The lowest BCUT2D eigenvalue weighted by atomic mass is 10.2. The van der Waals surface area contributed by atoms with E-state index in [9.17, 15) is 0 Å². The van der Waals surface area contributed by atoms with E-state index < -0.39 is 0 Å². The van der Waals surface area contributed by atoms with Crippen LogP contribution in [0.25, 0.3) is 0 Å². The standard InChI is InChI=1S/C11H21NO/c1-9(2)13-8-10-4-5-11(6-7-11)12(10)3/h9-10H,4-8H2,1-3H3. The Kier molecular flexibility index (Phi) is 2.37. The van der Waals surface area contributed by atoms with E-state index in [4.69, 9.17) is 4.74 Å². The minimum Gasteiger partial charge on any atom is -0.377 e. The highest BCUT2D eigenvalue weighted by molar-refractivity contribution is 5.09. The van der Waals surface area contributed by atoms with Crippen LogP contribution in [0, 0.1) is 0 Å². The first kappa shape index (κ1) is 9.47. The molecule has 0 radical (unpaired) electrons. The maximum absolute atomic E-state index is 5.68. The van der Waals surface area contributed by atoms with Crippen LogP contribution in [0.5, 0.6) is 0 Å². The van der Waals surface area contributed by atoms with Crippen LogP contribution in [0.3, 0.4) is 0 Å². The summed E-state index contributed by atoms with van der Waals surface area (Å²) in [7, 11) is 2.27. The molecule has 0 N–H and O–H groups in total. The zero-order valence-electron chi connectivity index (χ0n) is 9.05. The minimum absolute atomic E-state index is 0.379. The summed E-state index contributed by atoms with van der Waals surface area (Å²) in [5, 5.41) is 0. The Balaban J connectivity index is 1.81. The van der Waals surface area contributed by atoms with Gasteiger partial charge in [-0.15, -0.1) is 0 Å². The van der Waals surface area contributed by atoms with Gasteiger partial charge in [0, 0.05) is 11.6 Å². The Morgan fingerprint density at radius 1 is 1.38 bits per heavy atom. The van der Waals surface area contributed by atoms with Gasteiger partial charge in [0.05, 0.1) is 12.7 Å². The van der Waals surface area contributed by atoms with Crippen molar-refractivity contribution >= 4 is 0 Å². The van der Waals surface area contributed by atoms with Gasteiger partial charge >= 0.3 is 0 Å². The van der Waals surface area contributed by atoms with Crippen LogP contribution in [-0.2, 0) is 4.74 Å². The predicted molar refractivity (Wildman–Crippen MR) is 53.8 cm³/mol. The second-order valence-corrected chi connectivity index (χ2v) is 4.91. The largest absolute Gasteiger partial charge is 0.377 e. The summed E-state index contributed by atoms with van der Waals surface area (Å²) in [6.07, 6.45) is 5.95. The normalized spacial score (nSPS) is 31.8. The van der Waals surface area contributed by atoms with Crippen molar-refractivity contribution < 1.29 is 4.74 Å². The van der Waals surface area contributed by atoms with E-state index in [1.165, 1.54) is 25.7 Å². The van der Waals surface area contributed by atoms with E-state index in [1.807, 2.05) is 0 Å². The molecule has 0 aromatic rings. The molecule has 1 spiro atoms. The van der Waals surface area contributed by atoms with Gasteiger partial charge in [-0.25, -0.2) is 0 Å². The summed E-state index contributed by atoms with van der Waals surface area (Å²) in [5.41, 5.74) is 0.616. The third-order valence-electron chi connectivity index (χ3n) is 3.69. The molecule has 1 saturated heterocycles. The summed E-state index contributed by atoms with van der Waals surface area (Å²) in [5.74, 6) is 0. The lowest BCUT2D eigenvalue weighted by molar-refractivity contribution is 0.0350. The quantitative estimate of drug-likeness (QED) is 0.664. The van der Waals surface area contributed by atoms with Gasteiger partial charge in [0.2, 0.25) is 0 Å². The number of hydrogen-bond acceptors (Lipinski definition) is 2. The van der Waals surface area contributed by atoms with Crippen molar-refractivity contribution in [3.8, 4) is 0 Å². The number of rotatable bonds is 3. The Morgan fingerprint density at radius 3 is 2.54 bits per heavy atom. The van der Waals surface area contributed by atoms with Crippen LogP contribution in [0.1, 0.15) is 39.5 Å². The molecular formula is C11H21NO. The van der Waals surface area contributed by atoms with E-state index in [1.54, 1.807) is 0 Å². The molecule has 0 aromatic heterocycles. The molecule has 2 rings (SSSR count). The summed E-state index contributed by atoms with van der Waals surface area (Å²) in [4.78, 5) is 2.56. The molecule has 0 aromatic carbocycles. The van der Waals surface area contributed by atoms with Crippen LogP contribution in [-0.4, -0.2) is 36.2 Å². The summed E-state index contributed by atoms with van der Waals surface area (Å²) in [6.45, 7) is 5.15. The van der Waals surface area contributed by atoms with Crippen molar-refractivity contribution in [1.29, 1.82) is 0 Å². The Labute approximate surface area is 81.3 Å². The van der Waals surface area contributed by atoms with E-state index >= 15 is 0 Å². The third kappa shape index (κ3) is 1.75. The van der Waals surface area contributed by atoms with Crippen molar-refractivity contribution in [2.24, 2.45) is 0 Å². The summed E-state index contributed by atoms with van der Waals surface area (Å²) in [6, 6.07) is 0.685. The van der Waals surface area contributed by atoms with E-state index in [0.717, 1.165) is 6.61 Å². The highest BCUT2D eigenvalue weighted by atomic mass is 16.5. The predicted octanol–water partition coefficient (Wildman–Crippen LogP) is 2.04. The third-order valence-corrected chi connectivity index (χ3v) is 3.69. The van der Waals surface area contributed by atoms with Gasteiger partial charge in [-0.2, -0.15) is 0 Å². The Hall–Kier alpha value is -0.0800. The molecule has 2 aliphatic rings. The molecule has 1 aliphatic carbocycles. The minimum atomic E-state index is 0.379. The maximum Gasteiger partial charge on any atom is 0.0625 e. The molecule has 0 amide bonds. The van der Waals surface area contributed by atoms with Crippen LogP contribution >= 0.6 is 0 Å². The highest BCUT2D eigenvalue weighted by Gasteiger charge is 2.52. The second-order valence-electron chi connectivity index (χ2n) is 4.91. The Bertz CT molecular complexity index is 187. The lowest BCUT2D eigenvalue weighted by Gasteiger charge is -2.25. The molecule has 2 heteroatoms. The number of nitrogens with zero attached hydrogens (tertiary/aromatic N) is 1. The van der Waals surface area contributed by atoms with Gasteiger partial charge in [-0.1, -0.05) is 0 Å². The van der Waals surface area contributed by atoms with E-state index in [-0.39, 0.29) is 0 Å². The molecular weight excluding hydrogens is 162 g/mol. The zero-order valence-corrected chi connectivity index (χ0v) is 9.05. The first-order valence-corrected chi connectivity index (χ1v) is 5.49. The molecule has 2 fully saturated rings. The molecule has 1 saturated carbocycles. The van der Waals surface area contributed by atoms with E-state index in [2.05, 4.69) is 25.8 Å². The number of likely N-dealkylation sites (N-methyl/N-ethyl adjacent to an activating group) is 1. The van der Waals surface area contributed by atoms with Gasteiger partial charge in [0.15, 0.2) is 0 Å². The molecule has 13 heavy (non-hydrogen) atoms. The number of hydrogen-bond donors (Lipinski definition) is 0. The van der Waals surface area contributed by atoms with Gasteiger partial charge in [0.1, 0.15) is 0 Å². The number of likely N-dealkylation sites (tertiary alicyclic amines) is 1. The van der Waals surface area contributed by atoms with Crippen LogP contribution < -0.4 is 0 Å². The maximum atomic E-state index is 5.68. The molecule has 1 heterocycles. The first-order valence-electron chi connectivity index (χ1n) is 5.49. The SMILES string of the molecule is CC(C)OCC1CCC2(CC2)N1C. The Morgan fingerprint density at radius 2 is 2.08 bits per heavy atom. The number of ether oxygens (including phenoxy) is 1. The molecule has 1 atom stereocenters. The molecule has 1 unspecified atom stereocenters. The van der Waals surface area contributed by atoms with Gasteiger partial charge in [-0.3, -0.25) is 4.90 Å². The van der Waals surface area contributed by atoms with Gasteiger partial charge in [-0.05, 0) is 46.6 Å². The summed E-state index contributed by atoms with van der Waals surface area (Å²) >= 11 is 0. The highest BCUT2D eigenvalue weighted by Crippen LogP contribution is 2.50. The van der Waals surface area contributed by atoms with Crippen molar-refractivity contribution in [2.45, 2.75) is 57.2 Å². The van der Waals surface area contributed by atoms with Gasteiger partial charge < -0.3 is 4.74 Å². The fourth-order valence-corrected chi connectivity index (χ4v) is 2.44. The van der Waals surface area contributed by atoms with Crippen molar-refractivity contribution in [3.63, 3.8) is 0 Å². The average Bonchev–Trinajstić information content (AvgIpc) is 2.77. The molecule has 2 nitrogen and oxygen atoms in total. The van der Waals surface area contributed by atoms with Gasteiger partial charge in [0.25, 0.3) is 0 Å². The fourth-order valence-electron chi connectivity index (χ4n) is 2.44.